The molecule has 2 aromatic heterocycles. The monoisotopic (exact) mass is 387 g/mol. The number of nitrogens with two attached hydrogens (primary N) is 1. The van der Waals surface area contributed by atoms with E-state index in [1.807, 2.05) is 17.5 Å². The van der Waals surface area contributed by atoms with Gasteiger partial charge in [0, 0.05) is 16.3 Å². The molecule has 1 aromatic carbocycles. The number of amides is 3. The molecule has 0 aliphatic carbocycles. The quantitative estimate of drug-likeness (QED) is 0.519. The molecule has 0 spiro atoms. The zero-order valence-corrected chi connectivity index (χ0v) is 15.3. The van der Waals surface area contributed by atoms with Gasteiger partial charge in [0.15, 0.2) is 0 Å². The van der Waals surface area contributed by atoms with Gasteiger partial charge in [-0.1, -0.05) is 6.07 Å². The highest BCUT2D eigenvalue weighted by Crippen LogP contribution is 2.36. The van der Waals surface area contributed by atoms with Crippen LogP contribution in [0.2, 0.25) is 0 Å². The Balaban J connectivity index is 1.78. The summed E-state index contributed by atoms with van der Waals surface area (Å²) in [6.45, 7) is 0.500. The van der Waals surface area contributed by atoms with Crippen LogP contribution in [0.15, 0.2) is 47.8 Å². The minimum atomic E-state index is -0.725. The first-order valence-corrected chi connectivity index (χ1v) is 9.53. The molecule has 0 aliphatic heterocycles. The Hall–Kier alpha value is -2.84. The molecule has 3 aromatic rings. The second-order valence-corrected chi connectivity index (χ2v) is 7.56. The van der Waals surface area contributed by atoms with E-state index in [0.717, 1.165) is 16.9 Å². The Kier molecular flexibility index (Phi) is 5.55. The van der Waals surface area contributed by atoms with Crippen molar-refractivity contribution in [1.82, 2.24) is 5.32 Å². The maximum absolute atomic E-state index is 12.5. The Morgan fingerprint density at radius 2 is 1.92 bits per heavy atom. The van der Waals surface area contributed by atoms with Gasteiger partial charge in [0.1, 0.15) is 10.8 Å². The third-order valence-corrected chi connectivity index (χ3v) is 5.64. The number of primary amides is 1. The summed E-state index contributed by atoms with van der Waals surface area (Å²) in [6, 6.07) is 11.6. The lowest BCUT2D eigenvalue weighted by atomic mass is 10.1. The molecular weight excluding hydrogens is 370 g/mol. The van der Waals surface area contributed by atoms with Crippen molar-refractivity contribution in [1.29, 1.82) is 0 Å². The van der Waals surface area contributed by atoms with Crippen LogP contribution < -0.4 is 16.4 Å². The van der Waals surface area contributed by atoms with Crippen LogP contribution >= 0.6 is 22.7 Å². The Morgan fingerprint density at radius 1 is 1.15 bits per heavy atom. The Labute approximate surface area is 158 Å². The maximum Gasteiger partial charge on any atom is 0.317 e. The van der Waals surface area contributed by atoms with Crippen LogP contribution in [-0.2, 0) is 6.42 Å². The first-order chi connectivity index (χ1) is 12.5. The molecule has 0 atom stereocenters. The van der Waals surface area contributed by atoms with E-state index < -0.39 is 6.03 Å². The molecule has 0 saturated carbocycles. The lowest BCUT2D eigenvalue weighted by Gasteiger charge is -2.05. The highest BCUT2D eigenvalue weighted by atomic mass is 32.1. The Morgan fingerprint density at radius 3 is 2.58 bits per heavy atom. The van der Waals surface area contributed by atoms with Crippen molar-refractivity contribution in [3.8, 4) is 16.2 Å². The molecular formula is C18H17N3O3S2. The minimum absolute atomic E-state index is 0.160. The zero-order chi connectivity index (χ0) is 18.5. The number of nitrogens with one attached hydrogen (secondary N) is 2. The largest absolute Gasteiger partial charge is 0.508 e. The number of rotatable bonds is 6. The van der Waals surface area contributed by atoms with E-state index in [0.29, 0.717) is 17.1 Å². The second kappa shape index (κ2) is 8.03. The van der Waals surface area contributed by atoms with Crippen molar-refractivity contribution in [2.24, 2.45) is 5.73 Å². The third kappa shape index (κ3) is 4.41. The molecule has 26 heavy (non-hydrogen) atoms. The average molecular weight is 387 g/mol. The van der Waals surface area contributed by atoms with E-state index in [1.54, 1.807) is 41.7 Å². The molecule has 0 saturated heterocycles. The van der Waals surface area contributed by atoms with E-state index in [-0.39, 0.29) is 11.7 Å². The average Bonchev–Trinajstić information content (AvgIpc) is 3.25. The number of hydrogen-bond donors (Lipinski definition) is 4. The second-order valence-electron chi connectivity index (χ2n) is 5.47. The van der Waals surface area contributed by atoms with Crippen molar-refractivity contribution in [2.45, 2.75) is 6.42 Å². The molecule has 0 aliphatic rings. The molecule has 134 valence electrons. The van der Waals surface area contributed by atoms with Crippen LogP contribution in [0.1, 0.15) is 15.2 Å². The number of hydrogen-bond acceptors (Lipinski definition) is 5. The SMILES string of the molecule is NC(=O)Nc1sc(-c2ccc(O)cc2)cc1C(=O)NCCc1cccs1. The third-order valence-electron chi connectivity index (χ3n) is 3.60. The van der Waals surface area contributed by atoms with Gasteiger partial charge in [0.25, 0.3) is 5.91 Å². The van der Waals surface area contributed by atoms with Crippen molar-refractivity contribution < 1.29 is 14.7 Å². The molecule has 5 N–H and O–H groups in total. The summed E-state index contributed by atoms with van der Waals surface area (Å²) in [4.78, 5) is 25.8. The zero-order valence-electron chi connectivity index (χ0n) is 13.7. The van der Waals surface area contributed by atoms with Gasteiger partial charge in [-0.3, -0.25) is 10.1 Å². The summed E-state index contributed by atoms with van der Waals surface area (Å²) in [5.41, 5.74) is 6.41. The summed E-state index contributed by atoms with van der Waals surface area (Å²) < 4.78 is 0. The van der Waals surface area contributed by atoms with Crippen LogP contribution in [0.4, 0.5) is 9.80 Å². The van der Waals surface area contributed by atoms with Crippen LogP contribution in [0.5, 0.6) is 5.75 Å². The maximum atomic E-state index is 12.5. The lowest BCUT2D eigenvalue weighted by molar-refractivity contribution is 0.0955. The van der Waals surface area contributed by atoms with Crippen molar-refractivity contribution in [3.63, 3.8) is 0 Å². The van der Waals surface area contributed by atoms with Gasteiger partial charge in [-0.15, -0.1) is 22.7 Å². The highest BCUT2D eigenvalue weighted by Gasteiger charge is 2.18. The summed E-state index contributed by atoms with van der Waals surface area (Å²) in [6.07, 6.45) is 0.747. The lowest BCUT2D eigenvalue weighted by Crippen LogP contribution is -2.27. The van der Waals surface area contributed by atoms with Crippen LogP contribution in [0, 0.1) is 0 Å². The van der Waals surface area contributed by atoms with E-state index >= 15 is 0 Å². The number of carbonyl (C=O) groups excluding carboxylic acids is 2. The topological polar surface area (TPSA) is 104 Å². The predicted octanol–water partition coefficient (Wildman–Crippen LogP) is 3.65. The van der Waals surface area contributed by atoms with Crippen LogP contribution in [0.25, 0.3) is 10.4 Å². The minimum Gasteiger partial charge on any atom is -0.508 e. The van der Waals surface area contributed by atoms with Gasteiger partial charge < -0.3 is 16.2 Å². The number of aromatic hydroxyl groups is 1. The van der Waals surface area contributed by atoms with Gasteiger partial charge in [0.05, 0.1) is 5.56 Å². The molecule has 0 radical (unpaired) electrons. The predicted molar refractivity (Wildman–Crippen MR) is 105 cm³/mol. The fraction of sp³-hybridized carbons (Fsp3) is 0.111. The Bertz CT molecular complexity index is 902. The number of thiophene rings is 2. The summed E-state index contributed by atoms with van der Waals surface area (Å²) in [7, 11) is 0. The number of benzene rings is 1. The fourth-order valence-electron chi connectivity index (χ4n) is 2.38. The number of anilines is 1. The molecule has 0 bridgehead atoms. The molecule has 0 fully saturated rings. The molecule has 6 nitrogen and oxygen atoms in total. The van der Waals surface area contributed by atoms with Crippen molar-refractivity contribution in [3.05, 3.63) is 58.3 Å². The van der Waals surface area contributed by atoms with Crippen LogP contribution in [0.3, 0.4) is 0 Å². The number of phenols is 1. The van der Waals surface area contributed by atoms with Crippen molar-refractivity contribution in [2.75, 3.05) is 11.9 Å². The first kappa shape index (κ1) is 18.0. The number of phenolic OH excluding ortho intramolecular Hbond substituents is 1. The first-order valence-electron chi connectivity index (χ1n) is 7.83. The van der Waals surface area contributed by atoms with Crippen molar-refractivity contribution >= 4 is 39.6 Å². The summed E-state index contributed by atoms with van der Waals surface area (Å²) in [5, 5.41) is 17.2. The van der Waals surface area contributed by atoms with Gasteiger partial charge >= 0.3 is 6.03 Å². The number of carbonyl (C=O) groups is 2. The van der Waals surface area contributed by atoms with E-state index in [1.165, 1.54) is 16.2 Å². The van der Waals surface area contributed by atoms with Crippen LogP contribution in [-0.4, -0.2) is 23.6 Å². The van der Waals surface area contributed by atoms with E-state index in [2.05, 4.69) is 10.6 Å². The van der Waals surface area contributed by atoms with E-state index in [4.69, 9.17) is 5.73 Å². The van der Waals surface area contributed by atoms with E-state index in [9.17, 15) is 14.7 Å². The number of urea groups is 1. The fourth-order valence-corrected chi connectivity index (χ4v) is 4.15. The normalized spacial score (nSPS) is 10.5. The molecule has 2 heterocycles. The summed E-state index contributed by atoms with van der Waals surface area (Å²) in [5.74, 6) is -0.112. The van der Waals surface area contributed by atoms with Gasteiger partial charge in [-0.25, -0.2) is 4.79 Å². The molecule has 3 amide bonds. The standard InChI is InChI=1S/C18H17N3O3S2/c19-18(24)21-17-14(16(23)20-8-7-13-2-1-9-25-13)10-15(26-17)11-3-5-12(22)6-4-11/h1-6,9-10,22H,7-8H2,(H,20,23)(H3,19,21,24). The highest BCUT2D eigenvalue weighted by molar-refractivity contribution is 7.20. The molecule has 8 heteroatoms. The molecule has 0 unspecified atom stereocenters. The van der Waals surface area contributed by atoms with Gasteiger partial charge in [-0.2, -0.15) is 0 Å². The van der Waals surface area contributed by atoms with Gasteiger partial charge in [-0.05, 0) is 53.8 Å². The summed E-state index contributed by atoms with van der Waals surface area (Å²) >= 11 is 2.90. The smallest absolute Gasteiger partial charge is 0.317 e. The van der Waals surface area contributed by atoms with Gasteiger partial charge in [0.2, 0.25) is 0 Å². The molecule has 3 rings (SSSR count).